The average molecular weight is 388 g/mol. The van der Waals surface area contributed by atoms with Crippen LogP contribution < -0.4 is 5.32 Å². The lowest BCUT2D eigenvalue weighted by Gasteiger charge is -2.32. The first-order valence-electron chi connectivity index (χ1n) is 10.7. The molecular formula is C24H29N5. The fourth-order valence-electron chi connectivity index (χ4n) is 4.80. The van der Waals surface area contributed by atoms with E-state index in [-0.39, 0.29) is 0 Å². The molecule has 1 fully saturated rings. The minimum Gasteiger partial charge on any atom is -0.369 e. The predicted molar refractivity (Wildman–Crippen MR) is 116 cm³/mol. The summed E-state index contributed by atoms with van der Waals surface area (Å²) in [5.74, 6) is 2.16. The van der Waals surface area contributed by atoms with Crippen molar-refractivity contribution in [2.45, 2.75) is 31.7 Å². The van der Waals surface area contributed by atoms with E-state index in [1.165, 1.54) is 48.2 Å². The van der Waals surface area contributed by atoms with Crippen LogP contribution in [0.15, 0.2) is 55.0 Å². The second-order valence-electron chi connectivity index (χ2n) is 8.57. The molecule has 0 bridgehead atoms. The van der Waals surface area contributed by atoms with Gasteiger partial charge >= 0.3 is 0 Å². The summed E-state index contributed by atoms with van der Waals surface area (Å²) in [6.07, 6.45) is 9.86. The summed E-state index contributed by atoms with van der Waals surface area (Å²) in [7, 11) is 1.98. The van der Waals surface area contributed by atoms with Crippen molar-refractivity contribution in [2.24, 2.45) is 13.0 Å². The number of nitrogens with zero attached hydrogens (tertiary/aromatic N) is 4. The number of likely N-dealkylation sites (tertiary alicyclic amines) is 1. The van der Waals surface area contributed by atoms with Gasteiger partial charge in [-0.25, -0.2) is 4.98 Å². The van der Waals surface area contributed by atoms with Crippen LogP contribution >= 0.6 is 0 Å². The van der Waals surface area contributed by atoms with Gasteiger partial charge in [0.05, 0.1) is 6.20 Å². The normalized spacial score (nSPS) is 19.8. The van der Waals surface area contributed by atoms with E-state index in [0.29, 0.717) is 5.92 Å². The molecule has 5 rings (SSSR count). The first-order valence-corrected chi connectivity index (χ1v) is 10.7. The van der Waals surface area contributed by atoms with E-state index >= 15 is 0 Å². The third-order valence-corrected chi connectivity index (χ3v) is 6.43. The molecule has 2 aliphatic rings. The molecule has 150 valence electrons. The van der Waals surface area contributed by atoms with Crippen molar-refractivity contribution in [1.82, 2.24) is 19.7 Å². The third-order valence-electron chi connectivity index (χ3n) is 6.43. The van der Waals surface area contributed by atoms with E-state index in [2.05, 4.69) is 64.1 Å². The molecule has 2 aliphatic heterocycles. The molecule has 0 radical (unpaired) electrons. The second-order valence-corrected chi connectivity index (χ2v) is 8.57. The number of aromatic nitrogens is 3. The van der Waals surface area contributed by atoms with Gasteiger partial charge in [-0.1, -0.05) is 30.3 Å². The van der Waals surface area contributed by atoms with Crippen molar-refractivity contribution in [1.29, 1.82) is 0 Å². The van der Waals surface area contributed by atoms with Gasteiger partial charge in [0.15, 0.2) is 0 Å². The van der Waals surface area contributed by atoms with Gasteiger partial charge in [-0.05, 0) is 61.0 Å². The van der Waals surface area contributed by atoms with E-state index in [0.717, 1.165) is 31.2 Å². The third kappa shape index (κ3) is 4.06. The molecule has 5 nitrogen and oxygen atoms in total. The summed E-state index contributed by atoms with van der Waals surface area (Å²) in [4.78, 5) is 7.32. The van der Waals surface area contributed by atoms with Gasteiger partial charge in [-0.3, -0.25) is 9.58 Å². The summed E-state index contributed by atoms with van der Waals surface area (Å²) < 4.78 is 1.88. The molecule has 1 atom stereocenters. The van der Waals surface area contributed by atoms with E-state index < -0.39 is 0 Å². The maximum atomic E-state index is 4.73. The Morgan fingerprint density at radius 2 is 1.90 bits per heavy atom. The number of pyridine rings is 1. The van der Waals surface area contributed by atoms with Crippen molar-refractivity contribution >= 4 is 5.82 Å². The van der Waals surface area contributed by atoms with E-state index in [1.807, 2.05) is 17.9 Å². The van der Waals surface area contributed by atoms with Crippen LogP contribution in [0.1, 0.15) is 41.0 Å². The molecule has 1 saturated heterocycles. The minimum absolute atomic E-state index is 0.360. The lowest BCUT2D eigenvalue weighted by atomic mass is 9.89. The molecule has 4 heterocycles. The van der Waals surface area contributed by atoms with Crippen molar-refractivity contribution < 1.29 is 0 Å². The fourth-order valence-corrected chi connectivity index (χ4v) is 4.80. The number of aryl methyl sites for hydroxylation is 1. The Bertz CT molecular complexity index is 956. The van der Waals surface area contributed by atoms with Gasteiger partial charge in [0.25, 0.3) is 0 Å². The average Bonchev–Trinajstić information content (AvgIpc) is 3.36. The van der Waals surface area contributed by atoms with Crippen LogP contribution in [0, 0.1) is 5.92 Å². The molecule has 0 saturated carbocycles. The summed E-state index contributed by atoms with van der Waals surface area (Å²) in [6, 6.07) is 13.2. The highest BCUT2D eigenvalue weighted by Gasteiger charge is 2.27. The number of fused-ring (bicyclic) bond motifs is 1. The summed E-state index contributed by atoms with van der Waals surface area (Å²) in [5, 5.41) is 7.81. The standard InChI is InChI=1S/C24H29N5/c1-28-17-21(14-27-28)23-15-26-24-22(23)12-20(13-25-24)11-18-7-9-29(10-8-18)16-19-5-3-2-4-6-19/h2-6,12-14,17-18,23H,7-11,15-16H2,1H3,(H,25,26). The summed E-state index contributed by atoms with van der Waals surface area (Å²) in [5.41, 5.74) is 5.40. The lowest BCUT2D eigenvalue weighted by Crippen LogP contribution is -2.33. The van der Waals surface area contributed by atoms with E-state index in [4.69, 9.17) is 4.98 Å². The van der Waals surface area contributed by atoms with E-state index in [1.54, 1.807) is 0 Å². The van der Waals surface area contributed by atoms with Crippen LogP contribution in [0.3, 0.4) is 0 Å². The van der Waals surface area contributed by atoms with E-state index in [9.17, 15) is 0 Å². The number of anilines is 1. The van der Waals surface area contributed by atoms with Gasteiger partial charge in [0, 0.05) is 44.0 Å². The molecular weight excluding hydrogens is 358 g/mol. The quantitative estimate of drug-likeness (QED) is 0.723. The molecule has 3 aromatic rings. The van der Waals surface area contributed by atoms with Crippen molar-refractivity contribution in [3.8, 4) is 0 Å². The van der Waals surface area contributed by atoms with Crippen molar-refractivity contribution in [2.75, 3.05) is 25.0 Å². The van der Waals surface area contributed by atoms with Gasteiger partial charge in [0.1, 0.15) is 5.82 Å². The minimum atomic E-state index is 0.360. The zero-order valence-electron chi connectivity index (χ0n) is 17.1. The summed E-state index contributed by atoms with van der Waals surface area (Å²) in [6.45, 7) is 4.37. The fraction of sp³-hybridized carbons (Fsp3) is 0.417. The van der Waals surface area contributed by atoms with Crippen LogP contribution in [0.2, 0.25) is 0 Å². The van der Waals surface area contributed by atoms with Gasteiger partial charge in [-0.2, -0.15) is 5.10 Å². The maximum absolute atomic E-state index is 4.73. The van der Waals surface area contributed by atoms with Gasteiger partial charge in [0.2, 0.25) is 0 Å². The van der Waals surface area contributed by atoms with Crippen LogP contribution in [0.4, 0.5) is 5.82 Å². The number of hydrogen-bond donors (Lipinski definition) is 1. The Hall–Kier alpha value is -2.66. The molecule has 29 heavy (non-hydrogen) atoms. The molecule has 0 aliphatic carbocycles. The lowest BCUT2D eigenvalue weighted by molar-refractivity contribution is 0.177. The number of nitrogens with one attached hydrogen (secondary N) is 1. The molecule has 1 aromatic carbocycles. The zero-order valence-corrected chi connectivity index (χ0v) is 17.1. The molecule has 0 amide bonds. The highest BCUT2D eigenvalue weighted by atomic mass is 15.2. The SMILES string of the molecule is Cn1cc(C2CNc3ncc(CC4CCN(Cc5ccccc5)CC4)cc32)cn1. The molecule has 2 aromatic heterocycles. The maximum Gasteiger partial charge on any atom is 0.129 e. The molecule has 1 unspecified atom stereocenters. The Morgan fingerprint density at radius 1 is 1.07 bits per heavy atom. The molecule has 5 heteroatoms. The topological polar surface area (TPSA) is 46.0 Å². The number of benzene rings is 1. The Balaban J connectivity index is 1.21. The number of hydrogen-bond acceptors (Lipinski definition) is 4. The van der Waals surface area contributed by atoms with Crippen molar-refractivity contribution in [3.05, 3.63) is 77.2 Å². The van der Waals surface area contributed by atoms with Crippen LogP contribution in [-0.4, -0.2) is 39.3 Å². The van der Waals surface area contributed by atoms with Crippen LogP contribution in [0.5, 0.6) is 0 Å². The smallest absolute Gasteiger partial charge is 0.129 e. The number of piperidine rings is 1. The Labute approximate surface area is 172 Å². The van der Waals surface area contributed by atoms with Crippen LogP contribution in [0.25, 0.3) is 0 Å². The highest BCUT2D eigenvalue weighted by Crippen LogP contribution is 2.35. The summed E-state index contributed by atoms with van der Waals surface area (Å²) >= 11 is 0. The van der Waals surface area contributed by atoms with Crippen molar-refractivity contribution in [3.63, 3.8) is 0 Å². The Kier molecular flexibility index (Phi) is 5.06. The zero-order chi connectivity index (χ0) is 19.6. The largest absolute Gasteiger partial charge is 0.369 e. The predicted octanol–water partition coefficient (Wildman–Crippen LogP) is 3.83. The first kappa shape index (κ1) is 18.4. The second kappa shape index (κ2) is 7.99. The first-order chi connectivity index (χ1) is 14.2. The monoisotopic (exact) mass is 387 g/mol. The van der Waals surface area contributed by atoms with Gasteiger partial charge in [-0.15, -0.1) is 0 Å². The Morgan fingerprint density at radius 3 is 2.66 bits per heavy atom. The van der Waals surface area contributed by atoms with Crippen LogP contribution in [-0.2, 0) is 20.0 Å². The molecule has 1 N–H and O–H groups in total. The highest BCUT2D eigenvalue weighted by molar-refractivity contribution is 5.56. The van der Waals surface area contributed by atoms with Gasteiger partial charge < -0.3 is 5.32 Å². The number of rotatable bonds is 5. The molecule has 0 spiro atoms.